The highest BCUT2D eigenvalue weighted by Gasteiger charge is 2.43. The molecule has 1 N–H and O–H groups in total. The van der Waals surface area contributed by atoms with E-state index in [2.05, 4.69) is 11.6 Å². The molecule has 0 radical (unpaired) electrons. The summed E-state index contributed by atoms with van der Waals surface area (Å²) in [6.45, 7) is 2.08. The van der Waals surface area contributed by atoms with E-state index in [-0.39, 0.29) is 6.04 Å². The van der Waals surface area contributed by atoms with Gasteiger partial charge in [-0.1, -0.05) is 19.8 Å². The molecule has 2 aliphatic carbocycles. The number of hydrogen-bond donors (Lipinski definition) is 1. The third-order valence-corrected chi connectivity index (χ3v) is 6.52. The Morgan fingerprint density at radius 3 is 2.42 bits per heavy atom. The second-order valence-electron chi connectivity index (χ2n) is 5.78. The predicted octanol–water partition coefficient (Wildman–Crippen LogP) is 1.44. The first kappa shape index (κ1) is 14.8. The molecule has 2 rings (SSSR count). The quantitative estimate of drug-likeness (QED) is 0.795. The molecule has 5 nitrogen and oxygen atoms in total. The van der Waals surface area contributed by atoms with Crippen LogP contribution in [0.2, 0.25) is 0 Å². The molecule has 0 aliphatic heterocycles. The van der Waals surface area contributed by atoms with E-state index in [1.54, 1.807) is 0 Å². The average molecular weight is 289 g/mol. The van der Waals surface area contributed by atoms with Gasteiger partial charge in [0.15, 0.2) is 0 Å². The highest BCUT2D eigenvalue weighted by Crippen LogP contribution is 2.33. The molecule has 0 aromatic rings. The van der Waals surface area contributed by atoms with Gasteiger partial charge in [0, 0.05) is 6.04 Å². The molecule has 0 amide bonds. The number of carbonyl (C=O) groups excluding carboxylic acids is 1. The van der Waals surface area contributed by atoms with Crippen LogP contribution in [0.15, 0.2) is 0 Å². The first-order valence-corrected chi connectivity index (χ1v) is 8.59. The van der Waals surface area contributed by atoms with Gasteiger partial charge >= 0.3 is 5.97 Å². The van der Waals surface area contributed by atoms with Gasteiger partial charge in [-0.2, -0.15) is 0 Å². The molecular formula is C13H23NO4S. The molecule has 0 aromatic heterocycles. The Kier molecular flexibility index (Phi) is 4.50. The van der Waals surface area contributed by atoms with Crippen molar-refractivity contribution in [3.05, 3.63) is 0 Å². The maximum absolute atomic E-state index is 12.4. The lowest BCUT2D eigenvalue weighted by molar-refractivity contribution is -0.145. The van der Waals surface area contributed by atoms with Crippen LogP contribution in [0.5, 0.6) is 0 Å². The number of nitrogens with one attached hydrogen (secondary N) is 1. The zero-order valence-corrected chi connectivity index (χ0v) is 12.4. The minimum absolute atomic E-state index is 0.0314. The molecule has 4 unspecified atom stereocenters. The molecule has 19 heavy (non-hydrogen) atoms. The van der Waals surface area contributed by atoms with E-state index >= 15 is 0 Å². The van der Waals surface area contributed by atoms with E-state index in [1.807, 2.05) is 0 Å². The van der Waals surface area contributed by atoms with Crippen LogP contribution in [0.25, 0.3) is 0 Å². The van der Waals surface area contributed by atoms with E-state index in [0.29, 0.717) is 18.8 Å². The van der Waals surface area contributed by atoms with Gasteiger partial charge in [0.1, 0.15) is 0 Å². The van der Waals surface area contributed by atoms with Crippen molar-refractivity contribution in [2.45, 2.75) is 56.7 Å². The van der Waals surface area contributed by atoms with Crippen LogP contribution in [-0.2, 0) is 19.6 Å². The fourth-order valence-electron chi connectivity index (χ4n) is 3.34. The SMILES string of the molecule is COC(=O)C1CCCC1S(=O)(=O)NC1CCCC1C. The van der Waals surface area contributed by atoms with Crippen LogP contribution < -0.4 is 4.72 Å². The summed E-state index contributed by atoms with van der Waals surface area (Å²) in [7, 11) is -2.12. The van der Waals surface area contributed by atoms with Crippen LogP contribution in [-0.4, -0.2) is 32.8 Å². The maximum atomic E-state index is 12.4. The van der Waals surface area contributed by atoms with E-state index < -0.39 is 27.2 Å². The fraction of sp³-hybridized carbons (Fsp3) is 0.923. The summed E-state index contributed by atoms with van der Waals surface area (Å²) < 4.78 is 32.4. The number of carbonyl (C=O) groups is 1. The number of methoxy groups -OCH3 is 1. The largest absolute Gasteiger partial charge is 0.469 e. The van der Waals surface area contributed by atoms with Crippen LogP contribution in [0.4, 0.5) is 0 Å². The number of sulfonamides is 1. The third-order valence-electron chi connectivity index (χ3n) is 4.53. The predicted molar refractivity (Wildman–Crippen MR) is 72.0 cm³/mol. The van der Waals surface area contributed by atoms with Gasteiger partial charge in [0.05, 0.1) is 18.3 Å². The zero-order valence-electron chi connectivity index (χ0n) is 11.6. The molecule has 0 heterocycles. The standard InChI is InChI=1S/C13H23NO4S/c1-9-5-3-7-11(9)14-19(16,17)12-8-4-6-10(12)13(15)18-2/h9-12,14H,3-8H2,1-2H3. The highest BCUT2D eigenvalue weighted by molar-refractivity contribution is 7.90. The van der Waals surface area contributed by atoms with Crippen LogP contribution in [0.1, 0.15) is 45.4 Å². The summed E-state index contributed by atoms with van der Waals surface area (Å²) >= 11 is 0. The van der Waals surface area contributed by atoms with E-state index in [0.717, 1.165) is 25.7 Å². The number of ether oxygens (including phenoxy) is 1. The molecule has 0 saturated heterocycles. The Hall–Kier alpha value is -0.620. The van der Waals surface area contributed by atoms with Crippen molar-refractivity contribution < 1.29 is 17.9 Å². The van der Waals surface area contributed by atoms with Gasteiger partial charge in [-0.3, -0.25) is 4.79 Å². The summed E-state index contributed by atoms with van der Waals surface area (Å²) in [5, 5.41) is -0.618. The van der Waals surface area contributed by atoms with Crippen LogP contribution in [0.3, 0.4) is 0 Å². The molecule has 0 spiro atoms. The second-order valence-corrected chi connectivity index (χ2v) is 7.71. The molecule has 2 fully saturated rings. The number of esters is 1. The van der Waals surface area contributed by atoms with Gasteiger partial charge in [0.25, 0.3) is 0 Å². The van der Waals surface area contributed by atoms with Crippen LogP contribution in [0, 0.1) is 11.8 Å². The monoisotopic (exact) mass is 289 g/mol. The third kappa shape index (κ3) is 3.11. The van der Waals surface area contributed by atoms with Crippen molar-refractivity contribution in [1.82, 2.24) is 4.72 Å². The van der Waals surface area contributed by atoms with Gasteiger partial charge < -0.3 is 4.74 Å². The minimum atomic E-state index is -3.43. The highest BCUT2D eigenvalue weighted by atomic mass is 32.2. The molecule has 0 bridgehead atoms. The number of hydrogen-bond acceptors (Lipinski definition) is 4. The van der Waals surface area contributed by atoms with E-state index in [4.69, 9.17) is 4.74 Å². The average Bonchev–Trinajstić information content (AvgIpc) is 2.98. The van der Waals surface area contributed by atoms with Gasteiger partial charge in [-0.15, -0.1) is 0 Å². The second kappa shape index (κ2) is 5.79. The van der Waals surface area contributed by atoms with Crippen molar-refractivity contribution in [3.8, 4) is 0 Å². The minimum Gasteiger partial charge on any atom is -0.469 e. The number of rotatable bonds is 4. The van der Waals surface area contributed by atoms with Gasteiger partial charge in [0.2, 0.25) is 10.0 Å². The Bertz CT molecular complexity index is 434. The summed E-state index contributed by atoms with van der Waals surface area (Å²) in [5.41, 5.74) is 0. The lowest BCUT2D eigenvalue weighted by atomic mass is 10.1. The zero-order chi connectivity index (χ0) is 14.0. The van der Waals surface area contributed by atoms with Crippen molar-refractivity contribution >= 4 is 16.0 Å². The summed E-state index contributed by atoms with van der Waals surface area (Å²) in [4.78, 5) is 11.7. The van der Waals surface area contributed by atoms with E-state index in [9.17, 15) is 13.2 Å². The van der Waals surface area contributed by atoms with E-state index in [1.165, 1.54) is 7.11 Å². The Morgan fingerprint density at radius 2 is 1.84 bits per heavy atom. The normalized spacial score (nSPS) is 35.5. The van der Waals surface area contributed by atoms with Crippen molar-refractivity contribution in [1.29, 1.82) is 0 Å². The summed E-state index contributed by atoms with van der Waals surface area (Å²) in [6, 6.07) is 0.0314. The lowest BCUT2D eigenvalue weighted by Crippen LogP contribution is -2.44. The van der Waals surface area contributed by atoms with Crippen molar-refractivity contribution in [3.63, 3.8) is 0 Å². The fourth-order valence-corrected chi connectivity index (χ4v) is 5.44. The van der Waals surface area contributed by atoms with Gasteiger partial charge in [-0.25, -0.2) is 13.1 Å². The topological polar surface area (TPSA) is 72.5 Å². The molecule has 2 aliphatic rings. The molecule has 4 atom stereocenters. The first-order valence-electron chi connectivity index (χ1n) is 7.04. The van der Waals surface area contributed by atoms with Crippen molar-refractivity contribution in [2.24, 2.45) is 11.8 Å². The molecule has 110 valence electrons. The van der Waals surface area contributed by atoms with Crippen molar-refractivity contribution in [2.75, 3.05) is 7.11 Å². The lowest BCUT2D eigenvalue weighted by Gasteiger charge is -2.23. The molecule has 0 aromatic carbocycles. The maximum Gasteiger partial charge on any atom is 0.310 e. The smallest absolute Gasteiger partial charge is 0.310 e. The Balaban J connectivity index is 2.08. The summed E-state index contributed by atoms with van der Waals surface area (Å²) in [6.07, 6.45) is 4.97. The molecule has 2 saturated carbocycles. The first-order chi connectivity index (χ1) is 8.95. The summed E-state index contributed by atoms with van der Waals surface area (Å²) in [5.74, 6) is -0.515. The van der Waals surface area contributed by atoms with Gasteiger partial charge in [-0.05, 0) is 31.6 Å². The molecule has 6 heteroatoms. The Morgan fingerprint density at radius 1 is 1.16 bits per heavy atom. The van der Waals surface area contributed by atoms with Crippen LogP contribution >= 0.6 is 0 Å². The Labute approximate surface area is 115 Å². The molecular weight excluding hydrogens is 266 g/mol.